The predicted octanol–water partition coefficient (Wildman–Crippen LogP) is 4.59. The van der Waals surface area contributed by atoms with Crippen molar-refractivity contribution in [1.82, 2.24) is 5.32 Å². The summed E-state index contributed by atoms with van der Waals surface area (Å²) in [6.07, 6.45) is 1.16. The third-order valence-corrected chi connectivity index (χ3v) is 4.21. The van der Waals surface area contributed by atoms with Gasteiger partial charge in [0.1, 0.15) is 5.75 Å². The number of carbonyl (C=O) groups is 1. The van der Waals surface area contributed by atoms with E-state index < -0.39 is 6.10 Å². The molecule has 2 aromatic rings. The Kier molecular flexibility index (Phi) is 6.42. The zero-order valence-electron chi connectivity index (χ0n) is 15.0. The van der Waals surface area contributed by atoms with Crippen LogP contribution in [-0.4, -0.2) is 12.0 Å². The fraction of sp³-hybridized carbons (Fsp3) is 0.381. The minimum atomic E-state index is -0.481. The Morgan fingerprint density at radius 2 is 1.67 bits per heavy atom. The summed E-state index contributed by atoms with van der Waals surface area (Å²) in [6.45, 7) is 8.12. The molecule has 128 valence electrons. The van der Waals surface area contributed by atoms with Crippen LogP contribution in [0.3, 0.4) is 0 Å². The molecule has 0 spiro atoms. The van der Waals surface area contributed by atoms with E-state index in [1.807, 2.05) is 45.0 Å². The number of hydrogen-bond donors (Lipinski definition) is 1. The number of ether oxygens (including phenoxy) is 1. The van der Waals surface area contributed by atoms with Crippen molar-refractivity contribution in [3.05, 3.63) is 65.2 Å². The van der Waals surface area contributed by atoms with Crippen molar-refractivity contribution in [2.24, 2.45) is 0 Å². The summed E-state index contributed by atoms with van der Waals surface area (Å²) in [7, 11) is 0. The van der Waals surface area contributed by atoms with Crippen molar-refractivity contribution in [3.63, 3.8) is 0 Å². The molecule has 0 radical (unpaired) electrons. The maximum absolute atomic E-state index is 12.5. The van der Waals surface area contributed by atoms with Gasteiger partial charge in [0.25, 0.3) is 5.91 Å². The van der Waals surface area contributed by atoms with Crippen LogP contribution < -0.4 is 10.1 Å². The van der Waals surface area contributed by atoms with Gasteiger partial charge in [-0.15, -0.1) is 0 Å². The van der Waals surface area contributed by atoms with Crippen molar-refractivity contribution in [2.45, 2.75) is 52.7 Å². The third kappa shape index (κ3) is 4.85. The molecule has 2 atom stereocenters. The lowest BCUT2D eigenvalue weighted by Gasteiger charge is -2.21. The van der Waals surface area contributed by atoms with E-state index >= 15 is 0 Å². The first kappa shape index (κ1) is 18.1. The van der Waals surface area contributed by atoms with E-state index in [4.69, 9.17) is 4.74 Å². The second kappa shape index (κ2) is 8.53. The van der Waals surface area contributed by atoms with Gasteiger partial charge in [-0.2, -0.15) is 0 Å². The normalized spacial score (nSPS) is 13.2. The van der Waals surface area contributed by atoms with Crippen LogP contribution in [0.25, 0.3) is 0 Å². The Morgan fingerprint density at radius 1 is 1.04 bits per heavy atom. The summed E-state index contributed by atoms with van der Waals surface area (Å²) in [5, 5.41) is 3.05. The number of amides is 1. The number of hydrogen-bond acceptors (Lipinski definition) is 2. The first-order valence-corrected chi connectivity index (χ1v) is 8.66. The summed E-state index contributed by atoms with van der Waals surface area (Å²) in [5.41, 5.74) is 3.57. The summed E-state index contributed by atoms with van der Waals surface area (Å²) >= 11 is 0. The second-order valence-corrected chi connectivity index (χ2v) is 6.15. The van der Waals surface area contributed by atoms with E-state index in [0.29, 0.717) is 6.42 Å². The quantitative estimate of drug-likeness (QED) is 0.808. The van der Waals surface area contributed by atoms with E-state index in [9.17, 15) is 4.79 Å². The number of benzene rings is 2. The fourth-order valence-corrected chi connectivity index (χ4v) is 2.54. The van der Waals surface area contributed by atoms with Crippen LogP contribution in [0.2, 0.25) is 0 Å². The van der Waals surface area contributed by atoms with Crippen molar-refractivity contribution in [3.8, 4) is 5.75 Å². The van der Waals surface area contributed by atoms with E-state index in [2.05, 4.69) is 36.5 Å². The lowest BCUT2D eigenvalue weighted by atomic mass is 10.0. The Balaban J connectivity index is 1.98. The Hall–Kier alpha value is -2.29. The Bertz CT molecular complexity index is 647. The topological polar surface area (TPSA) is 38.3 Å². The average Bonchev–Trinajstić information content (AvgIpc) is 2.61. The molecule has 0 unspecified atom stereocenters. The zero-order valence-corrected chi connectivity index (χ0v) is 15.0. The minimum Gasteiger partial charge on any atom is -0.481 e. The molecular weight excluding hydrogens is 298 g/mol. The lowest BCUT2D eigenvalue weighted by Crippen LogP contribution is -2.39. The van der Waals surface area contributed by atoms with Gasteiger partial charge < -0.3 is 10.1 Å². The van der Waals surface area contributed by atoms with E-state index in [0.717, 1.165) is 17.7 Å². The molecule has 0 aromatic heterocycles. The average molecular weight is 325 g/mol. The van der Waals surface area contributed by atoms with Crippen molar-refractivity contribution < 1.29 is 9.53 Å². The van der Waals surface area contributed by atoms with Gasteiger partial charge in [-0.25, -0.2) is 0 Å². The second-order valence-electron chi connectivity index (χ2n) is 6.15. The molecule has 0 aliphatic carbocycles. The highest BCUT2D eigenvalue weighted by molar-refractivity contribution is 5.81. The molecule has 2 aromatic carbocycles. The SMILES string of the molecule is CCc1ccc([C@@H](C)NC(=O)[C@@H](CC)Oc2ccc(C)cc2)cc1. The number of carbonyl (C=O) groups excluding carboxylic acids is 1. The molecule has 0 aliphatic heterocycles. The van der Waals surface area contributed by atoms with Gasteiger partial charge in [-0.05, 0) is 49.9 Å². The molecule has 1 N–H and O–H groups in total. The summed E-state index contributed by atoms with van der Waals surface area (Å²) in [4.78, 5) is 12.5. The summed E-state index contributed by atoms with van der Waals surface area (Å²) in [5.74, 6) is 0.646. The van der Waals surface area contributed by atoms with E-state index in [-0.39, 0.29) is 11.9 Å². The van der Waals surface area contributed by atoms with Gasteiger partial charge in [0, 0.05) is 0 Å². The van der Waals surface area contributed by atoms with Crippen LogP contribution in [0, 0.1) is 6.92 Å². The molecule has 24 heavy (non-hydrogen) atoms. The van der Waals surface area contributed by atoms with E-state index in [1.165, 1.54) is 11.1 Å². The van der Waals surface area contributed by atoms with Crippen molar-refractivity contribution in [1.29, 1.82) is 0 Å². The van der Waals surface area contributed by atoms with Crippen LogP contribution in [0.4, 0.5) is 0 Å². The molecule has 0 bridgehead atoms. The molecule has 3 nitrogen and oxygen atoms in total. The molecule has 3 heteroatoms. The summed E-state index contributed by atoms with van der Waals surface area (Å²) in [6, 6.07) is 16.1. The Morgan fingerprint density at radius 3 is 2.21 bits per heavy atom. The standard InChI is InChI=1S/C21H27NO2/c1-5-17-9-11-18(12-10-17)16(4)22-21(23)20(6-2)24-19-13-7-15(3)8-14-19/h7-14,16,20H,5-6H2,1-4H3,(H,22,23)/t16-,20-/m1/s1. The van der Waals surface area contributed by atoms with Gasteiger partial charge in [-0.3, -0.25) is 4.79 Å². The highest BCUT2D eigenvalue weighted by Crippen LogP contribution is 2.17. The van der Waals surface area contributed by atoms with Crippen LogP contribution in [-0.2, 0) is 11.2 Å². The van der Waals surface area contributed by atoms with Gasteiger partial charge in [0.2, 0.25) is 0 Å². The Labute approximate surface area is 145 Å². The van der Waals surface area contributed by atoms with Crippen molar-refractivity contribution >= 4 is 5.91 Å². The molecule has 2 rings (SSSR count). The largest absolute Gasteiger partial charge is 0.481 e. The summed E-state index contributed by atoms with van der Waals surface area (Å²) < 4.78 is 5.84. The van der Waals surface area contributed by atoms with Crippen molar-refractivity contribution in [2.75, 3.05) is 0 Å². The molecular formula is C21H27NO2. The molecule has 0 saturated carbocycles. The maximum Gasteiger partial charge on any atom is 0.261 e. The molecule has 0 aliphatic rings. The predicted molar refractivity (Wildman–Crippen MR) is 98.3 cm³/mol. The minimum absolute atomic E-state index is 0.0425. The molecule has 0 saturated heterocycles. The first-order valence-electron chi connectivity index (χ1n) is 8.66. The highest BCUT2D eigenvalue weighted by Gasteiger charge is 2.20. The highest BCUT2D eigenvalue weighted by atomic mass is 16.5. The molecule has 0 fully saturated rings. The lowest BCUT2D eigenvalue weighted by molar-refractivity contribution is -0.128. The smallest absolute Gasteiger partial charge is 0.261 e. The number of rotatable bonds is 7. The maximum atomic E-state index is 12.5. The zero-order chi connectivity index (χ0) is 17.5. The first-order chi connectivity index (χ1) is 11.5. The van der Waals surface area contributed by atoms with Gasteiger partial charge in [0.05, 0.1) is 6.04 Å². The van der Waals surface area contributed by atoms with Crippen LogP contribution >= 0.6 is 0 Å². The van der Waals surface area contributed by atoms with Crippen LogP contribution in [0.15, 0.2) is 48.5 Å². The third-order valence-electron chi connectivity index (χ3n) is 4.21. The van der Waals surface area contributed by atoms with Crippen LogP contribution in [0.5, 0.6) is 5.75 Å². The fourth-order valence-electron chi connectivity index (χ4n) is 2.54. The monoisotopic (exact) mass is 325 g/mol. The van der Waals surface area contributed by atoms with Gasteiger partial charge in [0.15, 0.2) is 6.10 Å². The van der Waals surface area contributed by atoms with Crippen LogP contribution in [0.1, 0.15) is 49.9 Å². The molecule has 1 amide bonds. The van der Waals surface area contributed by atoms with E-state index in [1.54, 1.807) is 0 Å². The number of nitrogens with one attached hydrogen (secondary N) is 1. The van der Waals surface area contributed by atoms with Gasteiger partial charge in [-0.1, -0.05) is 55.8 Å². The number of aryl methyl sites for hydroxylation is 2. The van der Waals surface area contributed by atoms with Gasteiger partial charge >= 0.3 is 0 Å². The molecule has 0 heterocycles.